The number of nitrogens with one attached hydrogen (secondary N) is 2. The summed E-state index contributed by atoms with van der Waals surface area (Å²) in [5.41, 5.74) is 0.597. The van der Waals surface area contributed by atoms with Crippen LogP contribution in [0.25, 0.3) is 0 Å². The Bertz CT molecular complexity index is 708. The van der Waals surface area contributed by atoms with Crippen LogP contribution in [0, 0.1) is 0 Å². The molecule has 1 aromatic heterocycles. The molecule has 1 aromatic carbocycles. The molecule has 0 saturated heterocycles. The number of carbonyl (C=O) groups is 3. The summed E-state index contributed by atoms with van der Waals surface area (Å²) in [6.07, 6.45) is 0. The standard InChI is InChI=1S/C17H18N2O3S/c1-11(2)19-15(20)10-18-17(22)13-7-4-3-6-12(13)16(21)14-8-5-9-23-14/h3-9,11H,10H2,1-2H3,(H,18,22)(H,19,20). The highest BCUT2D eigenvalue weighted by Gasteiger charge is 2.19. The van der Waals surface area contributed by atoms with Gasteiger partial charge in [0.2, 0.25) is 11.7 Å². The fraction of sp³-hybridized carbons (Fsp3) is 0.235. The van der Waals surface area contributed by atoms with Gasteiger partial charge in [0.05, 0.1) is 17.0 Å². The van der Waals surface area contributed by atoms with Crippen molar-refractivity contribution in [3.63, 3.8) is 0 Å². The lowest BCUT2D eigenvalue weighted by Gasteiger charge is -2.11. The highest BCUT2D eigenvalue weighted by Crippen LogP contribution is 2.18. The van der Waals surface area contributed by atoms with Crippen LogP contribution in [0.1, 0.15) is 39.4 Å². The fourth-order valence-corrected chi connectivity index (χ4v) is 2.73. The molecule has 0 radical (unpaired) electrons. The van der Waals surface area contributed by atoms with Crippen LogP contribution in [0.4, 0.5) is 0 Å². The van der Waals surface area contributed by atoms with Gasteiger partial charge in [-0.2, -0.15) is 0 Å². The number of carbonyl (C=O) groups excluding carboxylic acids is 3. The van der Waals surface area contributed by atoms with Crippen LogP contribution in [0.15, 0.2) is 41.8 Å². The summed E-state index contributed by atoms with van der Waals surface area (Å²) in [6, 6.07) is 10.1. The van der Waals surface area contributed by atoms with E-state index >= 15 is 0 Å². The molecule has 0 spiro atoms. The summed E-state index contributed by atoms with van der Waals surface area (Å²) in [6.45, 7) is 3.56. The average Bonchev–Trinajstić information content (AvgIpc) is 3.05. The Balaban J connectivity index is 2.12. The van der Waals surface area contributed by atoms with Gasteiger partial charge in [-0.25, -0.2) is 0 Å². The summed E-state index contributed by atoms with van der Waals surface area (Å²) in [5.74, 6) is -0.905. The molecule has 0 atom stereocenters. The summed E-state index contributed by atoms with van der Waals surface area (Å²) in [4.78, 5) is 36.9. The van der Waals surface area contributed by atoms with Gasteiger partial charge >= 0.3 is 0 Å². The molecular formula is C17H18N2O3S. The fourth-order valence-electron chi connectivity index (χ4n) is 2.05. The number of hydrogen-bond acceptors (Lipinski definition) is 4. The van der Waals surface area contributed by atoms with Crippen molar-refractivity contribution in [2.24, 2.45) is 0 Å². The predicted molar refractivity (Wildman–Crippen MR) is 89.8 cm³/mol. The smallest absolute Gasteiger partial charge is 0.252 e. The van der Waals surface area contributed by atoms with E-state index in [0.717, 1.165) is 0 Å². The normalized spacial score (nSPS) is 10.4. The first-order valence-corrected chi connectivity index (χ1v) is 8.12. The first-order valence-electron chi connectivity index (χ1n) is 7.24. The lowest BCUT2D eigenvalue weighted by atomic mass is 10.0. The second-order valence-corrected chi connectivity index (χ2v) is 6.20. The maximum Gasteiger partial charge on any atom is 0.252 e. The third-order valence-corrected chi connectivity index (χ3v) is 3.89. The van der Waals surface area contributed by atoms with E-state index in [1.807, 2.05) is 19.2 Å². The molecule has 5 nitrogen and oxygen atoms in total. The first-order chi connectivity index (χ1) is 11.0. The van der Waals surface area contributed by atoms with Crippen LogP contribution in [-0.2, 0) is 4.79 Å². The van der Waals surface area contributed by atoms with Crippen molar-refractivity contribution in [3.8, 4) is 0 Å². The molecule has 6 heteroatoms. The van der Waals surface area contributed by atoms with E-state index in [9.17, 15) is 14.4 Å². The van der Waals surface area contributed by atoms with Gasteiger partial charge in [0, 0.05) is 11.6 Å². The van der Waals surface area contributed by atoms with Gasteiger partial charge in [-0.15, -0.1) is 11.3 Å². The molecule has 1 heterocycles. The van der Waals surface area contributed by atoms with E-state index in [4.69, 9.17) is 0 Å². The lowest BCUT2D eigenvalue weighted by molar-refractivity contribution is -0.120. The maximum absolute atomic E-state index is 12.5. The van der Waals surface area contributed by atoms with Crippen molar-refractivity contribution in [3.05, 3.63) is 57.8 Å². The molecule has 2 amide bonds. The number of hydrogen-bond donors (Lipinski definition) is 2. The van der Waals surface area contributed by atoms with Crippen molar-refractivity contribution in [2.45, 2.75) is 19.9 Å². The molecule has 2 rings (SSSR count). The molecule has 2 aromatic rings. The number of rotatable bonds is 6. The van der Waals surface area contributed by atoms with Crippen LogP contribution in [0.5, 0.6) is 0 Å². The third-order valence-electron chi connectivity index (χ3n) is 3.02. The minimum Gasteiger partial charge on any atom is -0.352 e. The highest BCUT2D eigenvalue weighted by molar-refractivity contribution is 7.12. The maximum atomic E-state index is 12.5. The zero-order valence-electron chi connectivity index (χ0n) is 13.0. The number of benzene rings is 1. The first kappa shape index (κ1) is 16.9. The van der Waals surface area contributed by atoms with E-state index in [2.05, 4.69) is 10.6 Å². The van der Waals surface area contributed by atoms with E-state index in [1.165, 1.54) is 11.3 Å². The Morgan fingerprint density at radius 1 is 1.04 bits per heavy atom. The lowest BCUT2D eigenvalue weighted by Crippen LogP contribution is -2.40. The molecule has 0 saturated carbocycles. The van der Waals surface area contributed by atoms with Gasteiger partial charge < -0.3 is 10.6 Å². The summed E-state index contributed by atoms with van der Waals surface area (Å²) >= 11 is 1.33. The highest BCUT2D eigenvalue weighted by atomic mass is 32.1. The predicted octanol–water partition coefficient (Wildman–Crippen LogP) is 2.23. The minimum atomic E-state index is -0.440. The zero-order chi connectivity index (χ0) is 16.8. The van der Waals surface area contributed by atoms with Gasteiger partial charge in [0.15, 0.2) is 0 Å². The summed E-state index contributed by atoms with van der Waals surface area (Å²) < 4.78 is 0. The number of amides is 2. The quantitative estimate of drug-likeness (QED) is 0.798. The Labute approximate surface area is 138 Å². The van der Waals surface area contributed by atoms with E-state index in [-0.39, 0.29) is 29.8 Å². The molecule has 120 valence electrons. The van der Waals surface area contributed by atoms with Crippen molar-refractivity contribution in [2.75, 3.05) is 6.54 Å². The minimum absolute atomic E-state index is 0.00657. The summed E-state index contributed by atoms with van der Waals surface area (Å²) in [7, 11) is 0. The topological polar surface area (TPSA) is 75.3 Å². The third kappa shape index (κ3) is 4.50. The van der Waals surface area contributed by atoms with Gasteiger partial charge in [-0.1, -0.05) is 24.3 Å². The molecule has 23 heavy (non-hydrogen) atoms. The Kier molecular flexibility index (Phi) is 5.65. The molecule has 0 fully saturated rings. The molecule has 0 aliphatic carbocycles. The number of ketones is 1. The van der Waals surface area contributed by atoms with Crippen LogP contribution >= 0.6 is 11.3 Å². The second-order valence-electron chi connectivity index (χ2n) is 5.26. The molecule has 0 aliphatic rings. The second kappa shape index (κ2) is 7.69. The van der Waals surface area contributed by atoms with E-state index in [0.29, 0.717) is 10.4 Å². The summed E-state index contributed by atoms with van der Waals surface area (Å²) in [5, 5.41) is 7.05. The zero-order valence-corrected chi connectivity index (χ0v) is 13.8. The number of thiophene rings is 1. The van der Waals surface area contributed by atoms with Crippen LogP contribution in [0.2, 0.25) is 0 Å². The van der Waals surface area contributed by atoms with Gasteiger partial charge in [0.25, 0.3) is 5.91 Å². The van der Waals surface area contributed by atoms with E-state index < -0.39 is 5.91 Å². The van der Waals surface area contributed by atoms with Crippen molar-refractivity contribution in [1.29, 1.82) is 0 Å². The molecule has 0 unspecified atom stereocenters. The molecule has 0 bridgehead atoms. The monoisotopic (exact) mass is 330 g/mol. The van der Waals surface area contributed by atoms with E-state index in [1.54, 1.807) is 36.4 Å². The van der Waals surface area contributed by atoms with Gasteiger partial charge in [0.1, 0.15) is 0 Å². The van der Waals surface area contributed by atoms with Gasteiger partial charge in [-0.05, 0) is 31.4 Å². The van der Waals surface area contributed by atoms with Crippen LogP contribution < -0.4 is 10.6 Å². The van der Waals surface area contributed by atoms with Gasteiger partial charge in [-0.3, -0.25) is 14.4 Å². The van der Waals surface area contributed by atoms with Crippen LogP contribution in [-0.4, -0.2) is 30.2 Å². The largest absolute Gasteiger partial charge is 0.352 e. The van der Waals surface area contributed by atoms with Crippen LogP contribution in [0.3, 0.4) is 0 Å². The molecular weight excluding hydrogens is 312 g/mol. The Hall–Kier alpha value is -2.47. The molecule has 0 aliphatic heterocycles. The van der Waals surface area contributed by atoms with Crippen molar-refractivity contribution < 1.29 is 14.4 Å². The van der Waals surface area contributed by atoms with Crippen molar-refractivity contribution >= 4 is 28.9 Å². The average molecular weight is 330 g/mol. The Morgan fingerprint density at radius 2 is 1.74 bits per heavy atom. The van der Waals surface area contributed by atoms with Crippen molar-refractivity contribution in [1.82, 2.24) is 10.6 Å². The Morgan fingerprint density at radius 3 is 2.35 bits per heavy atom. The molecule has 2 N–H and O–H groups in total. The SMILES string of the molecule is CC(C)NC(=O)CNC(=O)c1ccccc1C(=O)c1cccs1.